The Bertz CT molecular complexity index is 1270. The van der Waals surface area contributed by atoms with Gasteiger partial charge in [0.15, 0.2) is 0 Å². The van der Waals surface area contributed by atoms with Crippen LogP contribution in [0.25, 0.3) is 22.4 Å². The van der Waals surface area contributed by atoms with Crippen LogP contribution in [0, 0.1) is 0 Å². The molecule has 1 aliphatic rings. The maximum Gasteiger partial charge on any atom is 0.138 e. The number of nitrogens with one attached hydrogen (secondary N) is 1. The van der Waals surface area contributed by atoms with Gasteiger partial charge in [-0.3, -0.25) is 0 Å². The van der Waals surface area contributed by atoms with E-state index in [0.29, 0.717) is 21.5 Å². The average molecular weight is 495 g/mol. The molecular formula is C27H28Cl2N4O. The number of anilines is 1. The summed E-state index contributed by atoms with van der Waals surface area (Å²) in [5.41, 5.74) is 4.07. The number of likely N-dealkylation sites (tertiary alicyclic amines) is 1. The number of rotatable bonds is 7. The Morgan fingerprint density at radius 2 is 1.65 bits per heavy atom. The quantitative estimate of drug-likeness (QED) is 0.293. The molecular weight excluding hydrogens is 467 g/mol. The molecule has 1 aromatic heterocycles. The molecule has 0 radical (unpaired) electrons. The largest absolute Gasteiger partial charge is 0.457 e. The summed E-state index contributed by atoms with van der Waals surface area (Å²) < 4.78 is 5.95. The Labute approximate surface area is 210 Å². The first-order valence-corrected chi connectivity index (χ1v) is 12.5. The highest BCUT2D eigenvalue weighted by atomic mass is 35.5. The van der Waals surface area contributed by atoms with Gasteiger partial charge in [-0.1, -0.05) is 29.6 Å². The van der Waals surface area contributed by atoms with Crippen LogP contribution in [0.4, 0.5) is 5.69 Å². The van der Waals surface area contributed by atoms with Crippen molar-refractivity contribution >= 4 is 39.9 Å². The van der Waals surface area contributed by atoms with Crippen LogP contribution >= 0.6 is 23.2 Å². The molecule has 5 nitrogen and oxygen atoms in total. The summed E-state index contributed by atoms with van der Waals surface area (Å²) in [5.74, 6) is 2.17. The summed E-state index contributed by atoms with van der Waals surface area (Å²) in [5, 5.41) is 0.964. The van der Waals surface area contributed by atoms with E-state index in [1.54, 1.807) is 18.2 Å². The van der Waals surface area contributed by atoms with E-state index in [4.69, 9.17) is 32.9 Å². The van der Waals surface area contributed by atoms with Crippen molar-refractivity contribution in [1.29, 1.82) is 0 Å². The first-order chi connectivity index (χ1) is 16.5. The molecule has 4 aromatic rings. The summed E-state index contributed by atoms with van der Waals surface area (Å²) in [6, 6.07) is 19.6. The molecule has 0 atom stereocenters. The van der Waals surface area contributed by atoms with Crippen LogP contribution in [0.2, 0.25) is 10.0 Å². The van der Waals surface area contributed by atoms with E-state index in [0.717, 1.165) is 35.5 Å². The average Bonchev–Trinajstić information content (AvgIpc) is 3.29. The van der Waals surface area contributed by atoms with Gasteiger partial charge in [0.05, 0.1) is 21.1 Å². The van der Waals surface area contributed by atoms with Crippen molar-refractivity contribution in [1.82, 2.24) is 14.9 Å². The van der Waals surface area contributed by atoms with Crippen LogP contribution in [0.5, 0.6) is 11.5 Å². The number of fused-ring (bicyclic) bond motifs is 1. The molecule has 0 unspecified atom stereocenters. The Hall–Kier alpha value is -2.73. The van der Waals surface area contributed by atoms with E-state index in [-0.39, 0.29) is 0 Å². The molecule has 1 aliphatic heterocycles. The van der Waals surface area contributed by atoms with Gasteiger partial charge in [-0.05, 0) is 74.5 Å². The SMILES string of the molecule is CN(CCN1CCCCC1)c1ccc(-c2nc3ccc(Oc4ccc(Cl)c(Cl)c4)cc3[nH]2)cc1. The highest BCUT2D eigenvalue weighted by Gasteiger charge is 2.12. The first kappa shape index (κ1) is 23.0. The summed E-state index contributed by atoms with van der Waals surface area (Å²) >= 11 is 12.1. The topological polar surface area (TPSA) is 44.4 Å². The molecule has 176 valence electrons. The molecule has 0 bridgehead atoms. The fourth-order valence-corrected chi connectivity index (χ4v) is 4.63. The minimum absolute atomic E-state index is 0.463. The number of H-pyrrole nitrogens is 1. The number of benzene rings is 3. The molecule has 1 N–H and O–H groups in total. The monoisotopic (exact) mass is 494 g/mol. The first-order valence-electron chi connectivity index (χ1n) is 11.7. The molecule has 0 saturated carbocycles. The minimum Gasteiger partial charge on any atom is -0.457 e. The Balaban J connectivity index is 1.26. The number of nitrogens with zero attached hydrogens (tertiary/aromatic N) is 3. The molecule has 0 amide bonds. The number of imidazole rings is 1. The molecule has 7 heteroatoms. The Kier molecular flexibility index (Phi) is 6.95. The van der Waals surface area contributed by atoms with Crippen LogP contribution in [0.15, 0.2) is 60.7 Å². The van der Waals surface area contributed by atoms with E-state index >= 15 is 0 Å². The number of aromatic nitrogens is 2. The van der Waals surface area contributed by atoms with E-state index in [1.807, 2.05) is 18.2 Å². The van der Waals surface area contributed by atoms with Crippen LogP contribution in [0.3, 0.4) is 0 Å². The van der Waals surface area contributed by atoms with Crippen LogP contribution in [-0.4, -0.2) is 48.1 Å². The number of piperidine rings is 1. The van der Waals surface area contributed by atoms with Gasteiger partial charge < -0.3 is 19.5 Å². The van der Waals surface area contributed by atoms with Gasteiger partial charge in [-0.2, -0.15) is 0 Å². The van der Waals surface area contributed by atoms with Crippen molar-refractivity contribution < 1.29 is 4.74 Å². The summed E-state index contributed by atoms with van der Waals surface area (Å²) in [4.78, 5) is 13.1. The zero-order valence-corrected chi connectivity index (χ0v) is 20.7. The van der Waals surface area contributed by atoms with Crippen LogP contribution in [-0.2, 0) is 0 Å². The fourth-order valence-electron chi connectivity index (χ4n) is 4.34. The summed E-state index contributed by atoms with van der Waals surface area (Å²) in [6.45, 7) is 4.62. The third kappa shape index (κ3) is 5.33. The van der Waals surface area contributed by atoms with E-state index in [1.165, 1.54) is 38.0 Å². The number of hydrogen-bond acceptors (Lipinski definition) is 4. The number of hydrogen-bond donors (Lipinski definition) is 1. The zero-order valence-electron chi connectivity index (χ0n) is 19.2. The molecule has 5 rings (SSSR count). The van der Waals surface area contributed by atoms with E-state index in [2.05, 4.69) is 46.1 Å². The fraction of sp³-hybridized carbons (Fsp3) is 0.296. The maximum absolute atomic E-state index is 6.10. The molecule has 0 aliphatic carbocycles. The third-order valence-electron chi connectivity index (χ3n) is 6.36. The third-order valence-corrected chi connectivity index (χ3v) is 7.10. The van der Waals surface area contributed by atoms with Crippen LogP contribution in [0.1, 0.15) is 19.3 Å². The lowest BCUT2D eigenvalue weighted by atomic mass is 10.1. The van der Waals surface area contributed by atoms with Gasteiger partial charge in [-0.15, -0.1) is 0 Å². The van der Waals surface area contributed by atoms with Crippen molar-refractivity contribution in [3.63, 3.8) is 0 Å². The number of halogens is 2. The van der Waals surface area contributed by atoms with Crippen molar-refractivity contribution in [2.45, 2.75) is 19.3 Å². The van der Waals surface area contributed by atoms with Crippen molar-refractivity contribution in [2.24, 2.45) is 0 Å². The second-order valence-corrected chi connectivity index (χ2v) is 9.63. The molecule has 34 heavy (non-hydrogen) atoms. The highest BCUT2D eigenvalue weighted by molar-refractivity contribution is 6.42. The molecule has 1 saturated heterocycles. The summed E-state index contributed by atoms with van der Waals surface area (Å²) in [6.07, 6.45) is 4.04. The smallest absolute Gasteiger partial charge is 0.138 e. The molecule has 0 spiro atoms. The maximum atomic E-state index is 6.10. The predicted molar refractivity (Wildman–Crippen MR) is 142 cm³/mol. The predicted octanol–water partition coefficient (Wildman–Crippen LogP) is 7.25. The van der Waals surface area contributed by atoms with E-state index < -0.39 is 0 Å². The van der Waals surface area contributed by atoms with E-state index in [9.17, 15) is 0 Å². The van der Waals surface area contributed by atoms with Gasteiger partial charge in [-0.25, -0.2) is 4.98 Å². The van der Waals surface area contributed by atoms with Crippen molar-refractivity contribution in [3.8, 4) is 22.9 Å². The normalized spacial score (nSPS) is 14.4. The lowest BCUT2D eigenvalue weighted by Gasteiger charge is -2.29. The second kappa shape index (κ2) is 10.3. The second-order valence-electron chi connectivity index (χ2n) is 8.81. The summed E-state index contributed by atoms with van der Waals surface area (Å²) in [7, 11) is 2.16. The standard InChI is InChI=1S/C27H28Cl2N4O/c1-32(15-16-33-13-3-2-4-14-33)20-7-5-19(6-8-20)27-30-25-12-10-22(18-26(25)31-27)34-21-9-11-23(28)24(29)17-21/h5-12,17-18H,2-4,13-16H2,1H3,(H,30,31). The van der Waals surface area contributed by atoms with Gasteiger partial charge >= 0.3 is 0 Å². The number of likely N-dealkylation sites (N-methyl/N-ethyl adjacent to an activating group) is 1. The van der Waals surface area contributed by atoms with Gasteiger partial charge in [0.2, 0.25) is 0 Å². The minimum atomic E-state index is 0.463. The van der Waals surface area contributed by atoms with Gasteiger partial charge in [0.25, 0.3) is 0 Å². The number of ether oxygens (including phenoxy) is 1. The Morgan fingerprint density at radius 1 is 0.912 bits per heavy atom. The number of aromatic amines is 1. The lowest BCUT2D eigenvalue weighted by molar-refractivity contribution is 0.234. The van der Waals surface area contributed by atoms with Crippen molar-refractivity contribution in [3.05, 3.63) is 70.7 Å². The zero-order chi connectivity index (χ0) is 23.5. The molecule has 3 aromatic carbocycles. The lowest BCUT2D eigenvalue weighted by Crippen LogP contribution is -2.36. The highest BCUT2D eigenvalue weighted by Crippen LogP contribution is 2.31. The van der Waals surface area contributed by atoms with Crippen molar-refractivity contribution in [2.75, 3.05) is 38.1 Å². The van der Waals surface area contributed by atoms with Gasteiger partial charge in [0, 0.05) is 43.5 Å². The molecule has 1 fully saturated rings. The van der Waals surface area contributed by atoms with Crippen LogP contribution < -0.4 is 9.64 Å². The Morgan fingerprint density at radius 3 is 2.41 bits per heavy atom. The van der Waals surface area contributed by atoms with Gasteiger partial charge in [0.1, 0.15) is 17.3 Å². The molecule has 2 heterocycles.